The van der Waals surface area contributed by atoms with E-state index >= 15 is 0 Å². The predicted octanol–water partition coefficient (Wildman–Crippen LogP) is 5.05. The Labute approximate surface area is 159 Å². The fraction of sp³-hybridized carbons (Fsp3) is 0.0588. The number of nitrogens with one attached hydrogen (secondary N) is 1. The Kier molecular flexibility index (Phi) is 6.30. The largest absolute Gasteiger partial charge is 0.328 e. The number of alkyl halides is 3. The molecule has 0 saturated heterocycles. The Hall–Kier alpha value is -1.52. The Balaban J connectivity index is 2.43. The molecular formula is C17H11Cl4NO2. The number of halogens is 4. The number of carbonyl (C=O) groups excluding carboxylic acids is 2. The molecule has 3 nitrogen and oxygen atoms in total. The highest BCUT2D eigenvalue weighted by molar-refractivity contribution is 6.76. The molecule has 2 aromatic rings. The number of hydrogen-bond donors (Lipinski definition) is 1. The lowest BCUT2D eigenvalue weighted by Gasteiger charge is -2.12. The lowest BCUT2D eigenvalue weighted by Crippen LogP contribution is -2.31. The van der Waals surface area contributed by atoms with Crippen LogP contribution in [0.3, 0.4) is 0 Å². The zero-order valence-corrected chi connectivity index (χ0v) is 15.1. The molecule has 124 valence electrons. The first kappa shape index (κ1) is 18.8. The van der Waals surface area contributed by atoms with Gasteiger partial charge in [0.05, 0.1) is 5.02 Å². The number of Topliss-reactive ketones (excluding diaryl/α,β-unsaturated/α-hetero) is 1. The van der Waals surface area contributed by atoms with Crippen LogP contribution in [0.4, 0.5) is 0 Å². The van der Waals surface area contributed by atoms with Crippen LogP contribution in [0.5, 0.6) is 0 Å². The van der Waals surface area contributed by atoms with Crippen molar-refractivity contribution in [2.45, 2.75) is 3.79 Å². The van der Waals surface area contributed by atoms with Crippen LogP contribution >= 0.6 is 46.4 Å². The number of benzene rings is 2. The van der Waals surface area contributed by atoms with Crippen molar-refractivity contribution in [3.63, 3.8) is 0 Å². The van der Waals surface area contributed by atoms with Crippen molar-refractivity contribution in [2.75, 3.05) is 0 Å². The molecule has 0 fully saturated rings. The van der Waals surface area contributed by atoms with E-state index < -0.39 is 9.70 Å². The summed E-state index contributed by atoms with van der Waals surface area (Å²) < 4.78 is -2.13. The van der Waals surface area contributed by atoms with E-state index in [1.807, 2.05) is 0 Å². The Morgan fingerprint density at radius 1 is 0.917 bits per heavy atom. The molecule has 1 N–H and O–H groups in total. The van der Waals surface area contributed by atoms with Crippen LogP contribution in [-0.4, -0.2) is 15.5 Å². The molecule has 1 amide bonds. The average molecular weight is 403 g/mol. The quantitative estimate of drug-likeness (QED) is 0.441. The third-order valence-electron chi connectivity index (χ3n) is 3.05. The summed E-state index contributed by atoms with van der Waals surface area (Å²) in [5, 5.41) is 2.63. The molecule has 7 heteroatoms. The van der Waals surface area contributed by atoms with Gasteiger partial charge in [-0.15, -0.1) is 0 Å². The van der Waals surface area contributed by atoms with E-state index in [4.69, 9.17) is 46.4 Å². The summed E-state index contributed by atoms with van der Waals surface area (Å²) in [5.41, 5.74) is 1.11. The second-order valence-electron chi connectivity index (χ2n) is 4.70. The van der Waals surface area contributed by atoms with Crippen molar-refractivity contribution >= 4 is 63.7 Å². The predicted molar refractivity (Wildman–Crippen MR) is 98.6 cm³/mol. The van der Waals surface area contributed by atoms with Crippen molar-refractivity contribution in [2.24, 2.45) is 0 Å². The minimum Gasteiger partial charge on any atom is -0.328 e. The van der Waals surface area contributed by atoms with E-state index in [1.54, 1.807) is 54.6 Å². The summed E-state index contributed by atoms with van der Waals surface area (Å²) in [7, 11) is 0. The highest BCUT2D eigenvalue weighted by Crippen LogP contribution is 2.27. The molecule has 0 aliphatic carbocycles. The van der Waals surface area contributed by atoms with E-state index in [2.05, 4.69) is 5.32 Å². The molecule has 0 saturated carbocycles. The van der Waals surface area contributed by atoms with Crippen LogP contribution in [-0.2, 0) is 4.79 Å². The van der Waals surface area contributed by atoms with E-state index in [0.717, 1.165) is 0 Å². The maximum absolute atomic E-state index is 12.8. The fourth-order valence-electron chi connectivity index (χ4n) is 1.91. The van der Waals surface area contributed by atoms with Gasteiger partial charge in [0.2, 0.25) is 0 Å². The SMILES string of the molecule is O=C(/C(=C\NC(=O)C(Cl)(Cl)Cl)c1ccccc1)c1ccccc1Cl. The van der Waals surface area contributed by atoms with Gasteiger partial charge in [0.25, 0.3) is 9.70 Å². The lowest BCUT2D eigenvalue weighted by atomic mass is 9.97. The summed E-state index contributed by atoms with van der Waals surface area (Å²) in [6.07, 6.45) is 1.21. The van der Waals surface area contributed by atoms with Gasteiger partial charge in [0.15, 0.2) is 5.78 Å². The lowest BCUT2D eigenvalue weighted by molar-refractivity contribution is -0.119. The average Bonchev–Trinajstić information content (AvgIpc) is 2.55. The first-order valence-corrected chi connectivity index (χ1v) is 8.24. The Morgan fingerprint density at radius 2 is 1.50 bits per heavy atom. The van der Waals surface area contributed by atoms with Gasteiger partial charge in [-0.2, -0.15) is 0 Å². The van der Waals surface area contributed by atoms with Gasteiger partial charge in [-0.3, -0.25) is 9.59 Å². The molecule has 2 aromatic carbocycles. The van der Waals surface area contributed by atoms with Crippen LogP contribution in [0.2, 0.25) is 5.02 Å². The Bertz CT molecular complexity index is 783. The van der Waals surface area contributed by atoms with Crippen LogP contribution in [0.1, 0.15) is 15.9 Å². The van der Waals surface area contributed by atoms with E-state index in [-0.39, 0.29) is 11.4 Å². The number of allylic oxidation sites excluding steroid dienone is 1. The maximum atomic E-state index is 12.8. The molecule has 0 spiro atoms. The van der Waals surface area contributed by atoms with Crippen LogP contribution in [0.25, 0.3) is 5.57 Å². The number of rotatable bonds is 4. The molecule has 0 aromatic heterocycles. The van der Waals surface area contributed by atoms with Crippen molar-refractivity contribution < 1.29 is 9.59 Å². The monoisotopic (exact) mass is 401 g/mol. The van der Waals surface area contributed by atoms with Gasteiger partial charge in [-0.05, 0) is 17.7 Å². The fourth-order valence-corrected chi connectivity index (χ4v) is 2.29. The molecule has 0 radical (unpaired) electrons. The normalized spacial score (nSPS) is 11.9. The zero-order valence-electron chi connectivity index (χ0n) is 12.1. The number of carbonyl (C=O) groups is 2. The molecule has 0 atom stereocenters. The van der Waals surface area contributed by atoms with Gasteiger partial charge in [-0.25, -0.2) is 0 Å². The number of hydrogen-bond acceptors (Lipinski definition) is 2. The topological polar surface area (TPSA) is 46.2 Å². The van der Waals surface area contributed by atoms with Gasteiger partial charge in [0, 0.05) is 17.3 Å². The standard InChI is InChI=1S/C17H11Cl4NO2/c18-14-9-5-4-8-12(14)15(23)13(11-6-2-1-3-7-11)10-22-16(24)17(19,20)21/h1-10H,(H,22,24)/b13-10-. The second-order valence-corrected chi connectivity index (χ2v) is 7.39. The highest BCUT2D eigenvalue weighted by atomic mass is 35.6. The van der Waals surface area contributed by atoms with Crippen molar-refractivity contribution in [1.82, 2.24) is 5.32 Å². The molecule has 0 heterocycles. The second kappa shape index (κ2) is 8.04. The van der Waals surface area contributed by atoms with Crippen molar-refractivity contribution in [3.8, 4) is 0 Å². The van der Waals surface area contributed by atoms with Gasteiger partial charge in [0.1, 0.15) is 0 Å². The molecule has 0 bridgehead atoms. The molecule has 0 aliphatic heterocycles. The van der Waals surface area contributed by atoms with Gasteiger partial charge >= 0.3 is 0 Å². The molecule has 0 aliphatic rings. The van der Waals surface area contributed by atoms with E-state index in [0.29, 0.717) is 16.1 Å². The van der Waals surface area contributed by atoms with E-state index in [9.17, 15) is 9.59 Å². The minimum atomic E-state index is -2.13. The minimum absolute atomic E-state index is 0.214. The van der Waals surface area contributed by atoms with Crippen LogP contribution < -0.4 is 5.32 Å². The molecular weight excluding hydrogens is 392 g/mol. The summed E-state index contributed by atoms with van der Waals surface area (Å²) in [6, 6.07) is 15.4. The summed E-state index contributed by atoms with van der Waals surface area (Å²) in [5.74, 6) is -1.23. The first-order valence-electron chi connectivity index (χ1n) is 6.73. The van der Waals surface area contributed by atoms with Crippen molar-refractivity contribution in [3.05, 3.63) is 76.9 Å². The summed E-state index contributed by atoms with van der Waals surface area (Å²) >= 11 is 22.6. The smallest absolute Gasteiger partial charge is 0.276 e. The summed E-state index contributed by atoms with van der Waals surface area (Å²) in [4.78, 5) is 24.6. The highest BCUT2D eigenvalue weighted by Gasteiger charge is 2.30. The van der Waals surface area contributed by atoms with Crippen LogP contribution in [0, 0.1) is 0 Å². The number of ketones is 1. The molecule has 2 rings (SSSR count). The molecule has 24 heavy (non-hydrogen) atoms. The van der Waals surface area contributed by atoms with Crippen molar-refractivity contribution in [1.29, 1.82) is 0 Å². The zero-order chi connectivity index (χ0) is 17.7. The third kappa shape index (κ3) is 4.74. The molecule has 0 unspecified atom stereocenters. The van der Waals surface area contributed by atoms with Gasteiger partial charge < -0.3 is 5.32 Å². The number of amides is 1. The van der Waals surface area contributed by atoms with Crippen LogP contribution in [0.15, 0.2) is 60.8 Å². The first-order chi connectivity index (χ1) is 11.3. The van der Waals surface area contributed by atoms with Gasteiger partial charge in [-0.1, -0.05) is 88.9 Å². The third-order valence-corrected chi connectivity index (χ3v) is 3.90. The Morgan fingerprint density at radius 3 is 2.08 bits per heavy atom. The van der Waals surface area contributed by atoms with E-state index in [1.165, 1.54) is 6.20 Å². The maximum Gasteiger partial charge on any atom is 0.276 e. The summed E-state index contributed by atoms with van der Waals surface area (Å²) in [6.45, 7) is 0.